The van der Waals surface area contributed by atoms with Gasteiger partial charge in [-0.1, -0.05) is 13.8 Å². The number of hydrogen-bond acceptors (Lipinski definition) is 4. The molecule has 1 aromatic carbocycles. The standard InChI is InChI=1S/C14H21N3O3.ClH/c1-9(2)7-12(15)14(19)17-10-3-5-11(6-4-10)20-8-13(16)18;/h3-6,9,12H,7-8,15H2,1-2H3,(H2,16,18)(H,17,19);1H/t12-;/m0./s1. The number of amides is 2. The number of carbonyl (C=O) groups is 2. The first-order valence-electron chi connectivity index (χ1n) is 6.46. The number of nitrogens with one attached hydrogen (secondary N) is 1. The van der Waals surface area contributed by atoms with Crippen molar-refractivity contribution in [3.63, 3.8) is 0 Å². The Labute approximate surface area is 130 Å². The second-order valence-electron chi connectivity index (χ2n) is 5.00. The van der Waals surface area contributed by atoms with Crippen LogP contribution in [0.25, 0.3) is 0 Å². The molecule has 0 aromatic heterocycles. The van der Waals surface area contributed by atoms with Crippen molar-refractivity contribution in [3.05, 3.63) is 24.3 Å². The first-order valence-corrected chi connectivity index (χ1v) is 6.46. The molecule has 21 heavy (non-hydrogen) atoms. The van der Waals surface area contributed by atoms with Gasteiger partial charge in [-0.05, 0) is 36.6 Å². The van der Waals surface area contributed by atoms with Crippen LogP contribution in [0.15, 0.2) is 24.3 Å². The average Bonchev–Trinajstić information content (AvgIpc) is 2.37. The highest BCUT2D eigenvalue weighted by atomic mass is 35.5. The van der Waals surface area contributed by atoms with Crippen LogP contribution >= 0.6 is 12.4 Å². The molecule has 1 aromatic rings. The molecule has 0 saturated heterocycles. The lowest BCUT2D eigenvalue weighted by atomic mass is 10.0. The van der Waals surface area contributed by atoms with Gasteiger partial charge in [-0.3, -0.25) is 9.59 Å². The van der Waals surface area contributed by atoms with Crippen LogP contribution in [-0.4, -0.2) is 24.5 Å². The zero-order chi connectivity index (χ0) is 15.1. The van der Waals surface area contributed by atoms with Crippen LogP contribution in [0.2, 0.25) is 0 Å². The Morgan fingerprint density at radius 1 is 1.24 bits per heavy atom. The molecule has 0 unspecified atom stereocenters. The summed E-state index contributed by atoms with van der Waals surface area (Å²) < 4.78 is 5.12. The quantitative estimate of drug-likeness (QED) is 0.704. The molecule has 0 saturated carbocycles. The van der Waals surface area contributed by atoms with E-state index >= 15 is 0 Å². The maximum atomic E-state index is 11.8. The number of halogens is 1. The second kappa shape index (κ2) is 9.20. The van der Waals surface area contributed by atoms with Gasteiger partial charge in [-0.2, -0.15) is 0 Å². The maximum Gasteiger partial charge on any atom is 0.255 e. The molecule has 2 amide bonds. The Morgan fingerprint density at radius 2 is 1.81 bits per heavy atom. The summed E-state index contributed by atoms with van der Waals surface area (Å²) in [4.78, 5) is 22.4. The van der Waals surface area contributed by atoms with Gasteiger partial charge in [0.1, 0.15) is 5.75 Å². The molecule has 1 rings (SSSR count). The summed E-state index contributed by atoms with van der Waals surface area (Å²) in [6, 6.07) is 6.12. The summed E-state index contributed by atoms with van der Waals surface area (Å²) in [6.07, 6.45) is 0.631. The van der Waals surface area contributed by atoms with Crippen molar-refractivity contribution in [2.24, 2.45) is 17.4 Å². The number of nitrogens with two attached hydrogens (primary N) is 2. The zero-order valence-electron chi connectivity index (χ0n) is 12.2. The molecule has 0 aliphatic heterocycles. The third kappa shape index (κ3) is 7.53. The molecule has 118 valence electrons. The fraction of sp³-hybridized carbons (Fsp3) is 0.429. The SMILES string of the molecule is CC(C)C[C@H](N)C(=O)Nc1ccc(OCC(N)=O)cc1.Cl. The highest BCUT2D eigenvalue weighted by Gasteiger charge is 2.14. The Bertz CT molecular complexity index is 463. The fourth-order valence-corrected chi connectivity index (χ4v) is 1.64. The van der Waals surface area contributed by atoms with Crippen LogP contribution < -0.4 is 21.5 Å². The summed E-state index contributed by atoms with van der Waals surface area (Å²) in [6.45, 7) is 3.85. The van der Waals surface area contributed by atoms with E-state index in [1.807, 2.05) is 13.8 Å². The van der Waals surface area contributed by atoms with Gasteiger partial charge in [0.25, 0.3) is 5.91 Å². The first-order chi connectivity index (χ1) is 9.38. The van der Waals surface area contributed by atoms with Gasteiger partial charge in [0.2, 0.25) is 5.91 Å². The van der Waals surface area contributed by atoms with Gasteiger partial charge < -0.3 is 21.5 Å². The van der Waals surface area contributed by atoms with Crippen LogP contribution in [0.5, 0.6) is 5.75 Å². The van der Waals surface area contributed by atoms with Gasteiger partial charge in [-0.15, -0.1) is 12.4 Å². The van der Waals surface area contributed by atoms with E-state index in [1.54, 1.807) is 24.3 Å². The Balaban J connectivity index is 0.00000400. The van der Waals surface area contributed by atoms with E-state index in [0.29, 0.717) is 23.8 Å². The molecule has 0 bridgehead atoms. The molecule has 0 aliphatic carbocycles. The number of rotatable bonds is 7. The average molecular weight is 316 g/mol. The molecular formula is C14H22ClN3O3. The third-order valence-electron chi connectivity index (χ3n) is 2.57. The van der Waals surface area contributed by atoms with Crippen molar-refractivity contribution in [1.29, 1.82) is 0 Å². The number of hydrogen-bond donors (Lipinski definition) is 3. The molecular weight excluding hydrogens is 294 g/mol. The topological polar surface area (TPSA) is 107 Å². The molecule has 1 atom stereocenters. The number of benzene rings is 1. The van der Waals surface area contributed by atoms with E-state index in [9.17, 15) is 9.59 Å². The smallest absolute Gasteiger partial charge is 0.255 e. The fourth-order valence-electron chi connectivity index (χ4n) is 1.64. The van der Waals surface area contributed by atoms with Gasteiger partial charge in [-0.25, -0.2) is 0 Å². The number of primary amides is 1. The van der Waals surface area contributed by atoms with Crippen LogP contribution in [0.3, 0.4) is 0 Å². The van der Waals surface area contributed by atoms with E-state index < -0.39 is 11.9 Å². The van der Waals surface area contributed by atoms with E-state index in [1.165, 1.54) is 0 Å². The van der Waals surface area contributed by atoms with Gasteiger partial charge >= 0.3 is 0 Å². The van der Waals surface area contributed by atoms with Crippen molar-refractivity contribution >= 4 is 29.9 Å². The van der Waals surface area contributed by atoms with Crippen LogP contribution in [0.1, 0.15) is 20.3 Å². The largest absolute Gasteiger partial charge is 0.484 e. The normalized spacial score (nSPS) is 11.4. The monoisotopic (exact) mass is 315 g/mol. The van der Waals surface area contributed by atoms with Gasteiger partial charge in [0.15, 0.2) is 6.61 Å². The van der Waals surface area contributed by atoms with Crippen molar-refractivity contribution in [2.75, 3.05) is 11.9 Å². The lowest BCUT2D eigenvalue weighted by molar-refractivity contribution is -0.120. The third-order valence-corrected chi connectivity index (χ3v) is 2.57. The summed E-state index contributed by atoms with van der Waals surface area (Å²) in [5.41, 5.74) is 11.4. The molecule has 7 heteroatoms. The van der Waals surface area contributed by atoms with E-state index in [-0.39, 0.29) is 24.9 Å². The van der Waals surface area contributed by atoms with E-state index in [4.69, 9.17) is 16.2 Å². The van der Waals surface area contributed by atoms with Crippen LogP contribution in [0.4, 0.5) is 5.69 Å². The number of anilines is 1. The van der Waals surface area contributed by atoms with Gasteiger partial charge in [0.05, 0.1) is 6.04 Å². The van der Waals surface area contributed by atoms with Crippen molar-refractivity contribution in [3.8, 4) is 5.75 Å². The summed E-state index contributed by atoms with van der Waals surface area (Å²) in [5, 5.41) is 2.73. The number of carbonyl (C=O) groups excluding carboxylic acids is 2. The van der Waals surface area contributed by atoms with Crippen LogP contribution in [0, 0.1) is 5.92 Å². The molecule has 5 N–H and O–H groups in total. The van der Waals surface area contributed by atoms with Crippen molar-refractivity contribution in [2.45, 2.75) is 26.3 Å². The summed E-state index contributed by atoms with van der Waals surface area (Å²) in [5.74, 6) is 0.111. The van der Waals surface area contributed by atoms with Crippen molar-refractivity contribution in [1.82, 2.24) is 0 Å². The minimum absolute atomic E-state index is 0. The predicted molar refractivity (Wildman–Crippen MR) is 84.4 cm³/mol. The molecule has 0 radical (unpaired) electrons. The zero-order valence-corrected chi connectivity index (χ0v) is 13.0. The highest BCUT2D eigenvalue weighted by molar-refractivity contribution is 5.94. The Morgan fingerprint density at radius 3 is 2.29 bits per heavy atom. The van der Waals surface area contributed by atoms with Gasteiger partial charge in [0, 0.05) is 5.69 Å². The summed E-state index contributed by atoms with van der Waals surface area (Å²) >= 11 is 0. The first kappa shape index (κ1) is 19.2. The lowest BCUT2D eigenvalue weighted by Crippen LogP contribution is -2.36. The molecule has 0 heterocycles. The minimum Gasteiger partial charge on any atom is -0.484 e. The highest BCUT2D eigenvalue weighted by Crippen LogP contribution is 2.16. The molecule has 6 nitrogen and oxygen atoms in total. The molecule has 0 fully saturated rings. The van der Waals surface area contributed by atoms with Crippen LogP contribution in [-0.2, 0) is 9.59 Å². The Kier molecular flexibility index (Phi) is 8.42. The van der Waals surface area contributed by atoms with Crippen molar-refractivity contribution < 1.29 is 14.3 Å². The van der Waals surface area contributed by atoms with E-state index in [0.717, 1.165) is 0 Å². The lowest BCUT2D eigenvalue weighted by Gasteiger charge is -2.14. The minimum atomic E-state index is -0.540. The summed E-state index contributed by atoms with van der Waals surface area (Å²) in [7, 11) is 0. The predicted octanol–water partition coefficient (Wildman–Crippen LogP) is 1.28. The Hall–Kier alpha value is -1.79. The van der Waals surface area contributed by atoms with E-state index in [2.05, 4.69) is 5.32 Å². The second-order valence-corrected chi connectivity index (χ2v) is 5.00. The maximum absolute atomic E-state index is 11.8. The molecule has 0 spiro atoms. The number of ether oxygens (including phenoxy) is 1. The molecule has 0 aliphatic rings.